The van der Waals surface area contributed by atoms with E-state index in [0.717, 1.165) is 10.4 Å². The van der Waals surface area contributed by atoms with Crippen LogP contribution in [0.5, 0.6) is 0 Å². The van der Waals surface area contributed by atoms with Crippen molar-refractivity contribution in [2.24, 2.45) is 0 Å². The summed E-state index contributed by atoms with van der Waals surface area (Å²) >= 11 is 7.30. The zero-order valence-electron chi connectivity index (χ0n) is 12.9. The Morgan fingerprint density at radius 3 is 2.62 bits per heavy atom. The van der Waals surface area contributed by atoms with Crippen LogP contribution in [-0.4, -0.2) is 31.4 Å². The van der Waals surface area contributed by atoms with Crippen LogP contribution in [0.4, 0.5) is 0 Å². The highest BCUT2D eigenvalue weighted by molar-refractivity contribution is 7.13. The molecule has 1 aromatic heterocycles. The molecule has 2 aromatic rings. The van der Waals surface area contributed by atoms with Gasteiger partial charge in [-0.2, -0.15) is 0 Å². The van der Waals surface area contributed by atoms with Gasteiger partial charge in [0, 0.05) is 9.90 Å². The van der Waals surface area contributed by atoms with Crippen LogP contribution >= 0.6 is 22.9 Å². The van der Waals surface area contributed by atoms with Crippen LogP contribution in [0.2, 0.25) is 5.02 Å². The van der Waals surface area contributed by atoms with E-state index in [2.05, 4.69) is 0 Å². The second kappa shape index (κ2) is 8.61. The van der Waals surface area contributed by atoms with Crippen molar-refractivity contribution in [1.29, 1.82) is 0 Å². The van der Waals surface area contributed by atoms with Crippen LogP contribution in [0.1, 0.15) is 18.4 Å². The van der Waals surface area contributed by atoms with Crippen molar-refractivity contribution in [2.75, 3.05) is 13.2 Å². The molecule has 126 valence electrons. The highest BCUT2D eigenvalue weighted by Gasteiger charge is 2.29. The first-order valence-electron chi connectivity index (χ1n) is 7.17. The summed E-state index contributed by atoms with van der Waals surface area (Å²) in [7, 11) is 0. The van der Waals surface area contributed by atoms with Crippen LogP contribution < -0.4 is 0 Å². The summed E-state index contributed by atoms with van der Waals surface area (Å²) in [6, 6.07) is 9.06. The largest absolute Gasteiger partial charge is 0.467 e. The quantitative estimate of drug-likeness (QED) is 0.406. The van der Waals surface area contributed by atoms with E-state index in [-0.39, 0.29) is 19.7 Å². The number of halogens is 1. The summed E-state index contributed by atoms with van der Waals surface area (Å²) in [4.78, 5) is 35.3. The molecule has 0 N–H and O–H groups in total. The SMILES string of the molecule is CCOC(=O)C(=O)C(COC=O)c1csc(-c2ccc(Cl)cc2)c1. The Morgan fingerprint density at radius 2 is 2.00 bits per heavy atom. The predicted octanol–water partition coefficient (Wildman–Crippen LogP) is 3.46. The molecule has 7 heteroatoms. The van der Waals surface area contributed by atoms with Crippen LogP contribution in [0.15, 0.2) is 35.7 Å². The van der Waals surface area contributed by atoms with Crippen LogP contribution in [0.25, 0.3) is 10.4 Å². The predicted molar refractivity (Wildman–Crippen MR) is 91.2 cm³/mol. The number of ether oxygens (including phenoxy) is 2. The fourth-order valence-electron chi connectivity index (χ4n) is 2.10. The number of benzene rings is 1. The number of hydrogen-bond donors (Lipinski definition) is 0. The fourth-order valence-corrected chi connectivity index (χ4v) is 3.20. The lowest BCUT2D eigenvalue weighted by atomic mass is 9.97. The second-order valence-electron chi connectivity index (χ2n) is 4.82. The molecule has 24 heavy (non-hydrogen) atoms. The Hall–Kier alpha value is -2.18. The van der Waals surface area contributed by atoms with Crippen LogP contribution in [0.3, 0.4) is 0 Å². The summed E-state index contributed by atoms with van der Waals surface area (Å²) in [6.45, 7) is 1.76. The Balaban J connectivity index is 2.26. The van der Waals surface area contributed by atoms with Gasteiger partial charge in [-0.25, -0.2) is 4.79 Å². The first-order chi connectivity index (χ1) is 11.6. The number of ketones is 1. The number of Topliss-reactive ketones (excluding diaryl/α,β-unsaturated/α-hetero) is 1. The van der Waals surface area contributed by atoms with E-state index in [1.165, 1.54) is 11.3 Å². The molecule has 0 fully saturated rings. The number of carbonyl (C=O) groups is 3. The van der Waals surface area contributed by atoms with E-state index < -0.39 is 17.7 Å². The van der Waals surface area contributed by atoms with Gasteiger partial charge in [-0.15, -0.1) is 11.3 Å². The van der Waals surface area contributed by atoms with Crippen molar-refractivity contribution in [3.05, 3.63) is 46.3 Å². The van der Waals surface area contributed by atoms with Gasteiger partial charge in [0.25, 0.3) is 12.3 Å². The molecule has 0 saturated carbocycles. The normalized spacial score (nSPS) is 11.6. The van der Waals surface area contributed by atoms with Gasteiger partial charge in [0.15, 0.2) is 0 Å². The third-order valence-electron chi connectivity index (χ3n) is 3.27. The smallest absolute Gasteiger partial charge is 0.375 e. The molecule has 1 aromatic carbocycles. The summed E-state index contributed by atoms with van der Waals surface area (Å²) in [5, 5.41) is 2.39. The Labute approximate surface area is 148 Å². The molecule has 1 atom stereocenters. The molecule has 0 aliphatic carbocycles. The Kier molecular flexibility index (Phi) is 6.52. The number of esters is 1. The zero-order valence-corrected chi connectivity index (χ0v) is 14.4. The maximum absolute atomic E-state index is 12.2. The molecule has 1 heterocycles. The number of carbonyl (C=O) groups excluding carboxylic acids is 3. The zero-order chi connectivity index (χ0) is 17.5. The topological polar surface area (TPSA) is 69.7 Å². The lowest BCUT2D eigenvalue weighted by molar-refractivity contribution is -0.155. The molecule has 0 aliphatic heterocycles. The third-order valence-corrected chi connectivity index (χ3v) is 4.52. The summed E-state index contributed by atoms with van der Waals surface area (Å²) < 4.78 is 9.46. The molecular weight excluding hydrogens is 352 g/mol. The van der Waals surface area contributed by atoms with Gasteiger partial charge in [-0.3, -0.25) is 9.59 Å². The Morgan fingerprint density at radius 1 is 1.29 bits per heavy atom. The first-order valence-corrected chi connectivity index (χ1v) is 8.43. The molecular formula is C17H15ClO5S. The minimum Gasteiger partial charge on any atom is -0.467 e. The molecule has 0 amide bonds. The molecule has 0 saturated heterocycles. The highest BCUT2D eigenvalue weighted by atomic mass is 35.5. The summed E-state index contributed by atoms with van der Waals surface area (Å²) in [6.07, 6.45) is 0. The highest BCUT2D eigenvalue weighted by Crippen LogP contribution is 2.32. The second-order valence-corrected chi connectivity index (χ2v) is 6.17. The van der Waals surface area contributed by atoms with Crippen LogP contribution in [-0.2, 0) is 23.9 Å². The molecule has 2 rings (SSSR count). The molecule has 0 spiro atoms. The molecule has 0 aliphatic rings. The standard InChI is InChI=1S/C17H15ClO5S/c1-2-23-17(21)16(20)14(8-22-10-19)12-7-15(24-9-12)11-3-5-13(18)6-4-11/h3-7,9-10,14H,2,8H2,1H3. The van der Waals surface area contributed by atoms with Crippen molar-refractivity contribution in [1.82, 2.24) is 0 Å². The number of rotatable bonds is 8. The number of hydrogen-bond acceptors (Lipinski definition) is 6. The van der Waals surface area contributed by atoms with Crippen molar-refractivity contribution in [3.63, 3.8) is 0 Å². The van der Waals surface area contributed by atoms with Crippen LogP contribution in [0, 0.1) is 0 Å². The monoisotopic (exact) mass is 366 g/mol. The van der Waals surface area contributed by atoms with E-state index in [0.29, 0.717) is 10.6 Å². The van der Waals surface area contributed by atoms with Gasteiger partial charge in [0.05, 0.1) is 12.5 Å². The molecule has 0 bridgehead atoms. The summed E-state index contributed by atoms with van der Waals surface area (Å²) in [5.41, 5.74) is 1.54. The average molecular weight is 367 g/mol. The van der Waals surface area contributed by atoms with Crippen molar-refractivity contribution >= 4 is 41.2 Å². The Bertz CT molecular complexity index is 723. The maximum Gasteiger partial charge on any atom is 0.375 e. The van der Waals surface area contributed by atoms with Crippen molar-refractivity contribution in [2.45, 2.75) is 12.8 Å². The third kappa shape index (κ3) is 4.43. The van der Waals surface area contributed by atoms with E-state index in [9.17, 15) is 14.4 Å². The van der Waals surface area contributed by atoms with Crippen molar-refractivity contribution < 1.29 is 23.9 Å². The fraction of sp³-hybridized carbons (Fsp3) is 0.235. The van der Waals surface area contributed by atoms with Gasteiger partial charge >= 0.3 is 5.97 Å². The van der Waals surface area contributed by atoms with E-state index >= 15 is 0 Å². The average Bonchev–Trinajstić information content (AvgIpc) is 3.05. The minimum absolute atomic E-state index is 0.103. The van der Waals surface area contributed by atoms with E-state index in [1.807, 2.05) is 12.1 Å². The maximum atomic E-state index is 12.2. The molecule has 1 unspecified atom stereocenters. The van der Waals surface area contributed by atoms with E-state index in [4.69, 9.17) is 21.1 Å². The lowest BCUT2D eigenvalue weighted by Gasteiger charge is -2.12. The van der Waals surface area contributed by atoms with Gasteiger partial charge in [-0.05, 0) is 41.6 Å². The molecule has 0 radical (unpaired) electrons. The molecule has 5 nitrogen and oxygen atoms in total. The van der Waals surface area contributed by atoms with Gasteiger partial charge in [-0.1, -0.05) is 23.7 Å². The minimum atomic E-state index is -0.934. The first kappa shape index (κ1) is 18.2. The van der Waals surface area contributed by atoms with Gasteiger partial charge in [0.2, 0.25) is 0 Å². The van der Waals surface area contributed by atoms with Crippen molar-refractivity contribution in [3.8, 4) is 10.4 Å². The lowest BCUT2D eigenvalue weighted by Crippen LogP contribution is -2.27. The van der Waals surface area contributed by atoms with Gasteiger partial charge in [0.1, 0.15) is 6.61 Å². The summed E-state index contributed by atoms with van der Waals surface area (Å²) in [5.74, 6) is -2.55. The van der Waals surface area contributed by atoms with Gasteiger partial charge < -0.3 is 9.47 Å². The number of thiophene rings is 1. The van der Waals surface area contributed by atoms with E-state index in [1.54, 1.807) is 30.5 Å².